The molecular formula is C20H20N4OS. The van der Waals surface area contributed by atoms with Gasteiger partial charge in [-0.3, -0.25) is 9.89 Å². The molecule has 0 saturated carbocycles. The lowest BCUT2D eigenvalue weighted by atomic mass is 9.88. The fraction of sp³-hybridized carbons (Fsp3) is 0.250. The van der Waals surface area contributed by atoms with Gasteiger partial charge in [-0.25, -0.2) is 4.98 Å². The SMILES string of the molecule is O=C(CSc1n[nH]c(-c2ccccc2)n1)NC1CCCc2ccccc21. The zero-order valence-corrected chi connectivity index (χ0v) is 15.1. The molecule has 2 N–H and O–H groups in total. The third kappa shape index (κ3) is 3.80. The van der Waals surface area contributed by atoms with Crippen LogP contribution in [0.5, 0.6) is 0 Å². The van der Waals surface area contributed by atoms with E-state index in [2.05, 4.69) is 38.7 Å². The van der Waals surface area contributed by atoms with Crippen molar-refractivity contribution in [2.24, 2.45) is 0 Å². The van der Waals surface area contributed by atoms with E-state index >= 15 is 0 Å². The molecule has 1 aliphatic rings. The average Bonchev–Trinajstić information content (AvgIpc) is 3.17. The van der Waals surface area contributed by atoms with Crippen LogP contribution < -0.4 is 5.32 Å². The Morgan fingerprint density at radius 3 is 2.85 bits per heavy atom. The highest BCUT2D eigenvalue weighted by atomic mass is 32.2. The van der Waals surface area contributed by atoms with E-state index in [0.29, 0.717) is 10.9 Å². The van der Waals surface area contributed by atoms with Crippen LogP contribution in [0.1, 0.15) is 30.0 Å². The third-order valence-electron chi connectivity index (χ3n) is 4.55. The van der Waals surface area contributed by atoms with Gasteiger partial charge in [0.05, 0.1) is 11.8 Å². The van der Waals surface area contributed by atoms with E-state index < -0.39 is 0 Å². The molecule has 0 radical (unpaired) electrons. The number of carbonyl (C=O) groups excluding carboxylic acids is 1. The van der Waals surface area contributed by atoms with Gasteiger partial charge in [0.25, 0.3) is 0 Å². The minimum atomic E-state index is 0.0164. The van der Waals surface area contributed by atoms with Crippen LogP contribution in [0.4, 0.5) is 0 Å². The molecule has 0 saturated heterocycles. The number of amides is 1. The van der Waals surface area contributed by atoms with Crippen molar-refractivity contribution in [1.82, 2.24) is 20.5 Å². The Labute approximate surface area is 156 Å². The molecule has 3 aromatic rings. The van der Waals surface area contributed by atoms with Crippen LogP contribution in [-0.2, 0) is 11.2 Å². The van der Waals surface area contributed by atoms with Crippen LogP contribution in [0.3, 0.4) is 0 Å². The highest BCUT2D eigenvalue weighted by molar-refractivity contribution is 7.99. The van der Waals surface area contributed by atoms with E-state index in [1.54, 1.807) is 0 Å². The average molecular weight is 364 g/mol. The number of thioether (sulfide) groups is 1. The summed E-state index contributed by atoms with van der Waals surface area (Å²) in [6, 6.07) is 18.3. The van der Waals surface area contributed by atoms with Crippen LogP contribution >= 0.6 is 11.8 Å². The van der Waals surface area contributed by atoms with E-state index in [1.807, 2.05) is 36.4 Å². The molecular weight excluding hydrogens is 344 g/mol. The van der Waals surface area contributed by atoms with Gasteiger partial charge < -0.3 is 5.32 Å². The molecule has 1 aromatic heterocycles. The number of aromatic amines is 1. The van der Waals surface area contributed by atoms with Gasteiger partial charge >= 0.3 is 0 Å². The predicted octanol–water partition coefficient (Wildman–Crippen LogP) is 3.76. The minimum Gasteiger partial charge on any atom is -0.349 e. The number of hydrogen-bond donors (Lipinski definition) is 2. The third-order valence-corrected chi connectivity index (χ3v) is 5.40. The molecule has 0 spiro atoms. The topological polar surface area (TPSA) is 70.7 Å². The molecule has 1 amide bonds. The Morgan fingerprint density at radius 2 is 1.96 bits per heavy atom. The Morgan fingerprint density at radius 1 is 1.15 bits per heavy atom. The van der Waals surface area contributed by atoms with Gasteiger partial charge in [-0.05, 0) is 30.4 Å². The van der Waals surface area contributed by atoms with Crippen molar-refractivity contribution in [3.8, 4) is 11.4 Å². The summed E-state index contributed by atoms with van der Waals surface area (Å²) < 4.78 is 0. The standard InChI is InChI=1S/C20H20N4OS/c25-18(21-17-12-6-10-14-7-4-5-11-16(14)17)13-26-20-22-19(23-24-20)15-8-2-1-3-9-15/h1-5,7-9,11,17H,6,10,12-13H2,(H,21,25)(H,22,23,24). The maximum absolute atomic E-state index is 12.4. The predicted molar refractivity (Wildman–Crippen MR) is 103 cm³/mol. The lowest BCUT2D eigenvalue weighted by Gasteiger charge is -2.26. The van der Waals surface area contributed by atoms with Gasteiger partial charge in [0.15, 0.2) is 5.82 Å². The molecule has 5 nitrogen and oxygen atoms in total. The molecule has 0 aliphatic heterocycles. The van der Waals surface area contributed by atoms with Crippen molar-refractivity contribution in [1.29, 1.82) is 0 Å². The highest BCUT2D eigenvalue weighted by Crippen LogP contribution is 2.29. The van der Waals surface area contributed by atoms with Crippen molar-refractivity contribution in [2.45, 2.75) is 30.5 Å². The number of rotatable bonds is 5. The molecule has 2 aromatic carbocycles. The second kappa shape index (κ2) is 7.74. The summed E-state index contributed by atoms with van der Waals surface area (Å²) in [6.45, 7) is 0. The second-order valence-corrected chi connectivity index (χ2v) is 7.27. The van der Waals surface area contributed by atoms with Gasteiger partial charge in [-0.15, -0.1) is 5.10 Å². The molecule has 0 fully saturated rings. The van der Waals surface area contributed by atoms with E-state index in [4.69, 9.17) is 0 Å². The van der Waals surface area contributed by atoms with E-state index in [9.17, 15) is 4.79 Å². The summed E-state index contributed by atoms with van der Waals surface area (Å²) in [7, 11) is 0. The fourth-order valence-electron chi connectivity index (χ4n) is 3.31. The molecule has 4 rings (SSSR count). The molecule has 26 heavy (non-hydrogen) atoms. The maximum Gasteiger partial charge on any atom is 0.230 e. The fourth-order valence-corrected chi connectivity index (χ4v) is 3.92. The first kappa shape index (κ1) is 16.8. The van der Waals surface area contributed by atoms with Crippen molar-refractivity contribution in [2.75, 3.05) is 5.75 Å². The number of nitrogens with one attached hydrogen (secondary N) is 2. The summed E-state index contributed by atoms with van der Waals surface area (Å²) in [5.74, 6) is 1.04. The van der Waals surface area contributed by atoms with Crippen LogP contribution in [0.25, 0.3) is 11.4 Å². The molecule has 1 atom stereocenters. The van der Waals surface area contributed by atoms with Crippen molar-refractivity contribution in [3.05, 3.63) is 65.7 Å². The maximum atomic E-state index is 12.4. The van der Waals surface area contributed by atoms with Gasteiger partial charge in [0, 0.05) is 5.56 Å². The number of nitrogens with zero attached hydrogens (tertiary/aromatic N) is 2. The summed E-state index contributed by atoms with van der Waals surface area (Å²) >= 11 is 1.35. The van der Waals surface area contributed by atoms with Gasteiger partial charge in [-0.2, -0.15) is 0 Å². The van der Waals surface area contributed by atoms with Crippen molar-refractivity contribution >= 4 is 17.7 Å². The number of H-pyrrole nitrogens is 1. The molecule has 0 bridgehead atoms. The first-order valence-corrected chi connectivity index (χ1v) is 9.76. The van der Waals surface area contributed by atoms with Gasteiger partial charge in [0.2, 0.25) is 11.1 Å². The number of hydrogen-bond acceptors (Lipinski definition) is 4. The summed E-state index contributed by atoms with van der Waals surface area (Å²) in [6.07, 6.45) is 3.19. The van der Waals surface area contributed by atoms with Crippen molar-refractivity contribution in [3.63, 3.8) is 0 Å². The number of aryl methyl sites for hydroxylation is 1. The minimum absolute atomic E-state index is 0.0164. The smallest absolute Gasteiger partial charge is 0.230 e. The molecule has 132 valence electrons. The Hall–Kier alpha value is -2.60. The Balaban J connectivity index is 1.35. The molecule has 6 heteroatoms. The summed E-state index contributed by atoms with van der Waals surface area (Å²) in [4.78, 5) is 16.8. The number of fused-ring (bicyclic) bond motifs is 1. The normalized spacial score (nSPS) is 16.1. The zero-order chi connectivity index (χ0) is 17.8. The number of aromatic nitrogens is 3. The lowest BCUT2D eigenvalue weighted by molar-refractivity contribution is -0.119. The van der Waals surface area contributed by atoms with Gasteiger partial charge in [-0.1, -0.05) is 66.4 Å². The molecule has 1 unspecified atom stereocenters. The molecule has 1 heterocycles. The zero-order valence-electron chi connectivity index (χ0n) is 14.3. The second-order valence-electron chi connectivity index (χ2n) is 6.33. The van der Waals surface area contributed by atoms with E-state index in [0.717, 1.165) is 30.7 Å². The lowest BCUT2D eigenvalue weighted by Crippen LogP contribution is -2.32. The monoisotopic (exact) mass is 364 g/mol. The highest BCUT2D eigenvalue weighted by Gasteiger charge is 2.21. The quantitative estimate of drug-likeness (QED) is 0.676. The first-order valence-electron chi connectivity index (χ1n) is 8.77. The van der Waals surface area contributed by atoms with E-state index in [-0.39, 0.29) is 11.9 Å². The Kier molecular flexibility index (Phi) is 5.02. The van der Waals surface area contributed by atoms with Crippen LogP contribution in [0, 0.1) is 0 Å². The largest absolute Gasteiger partial charge is 0.349 e. The Bertz CT molecular complexity index is 894. The first-order chi connectivity index (χ1) is 12.8. The van der Waals surface area contributed by atoms with Crippen LogP contribution in [0.2, 0.25) is 0 Å². The summed E-state index contributed by atoms with van der Waals surface area (Å²) in [5, 5.41) is 10.9. The van der Waals surface area contributed by atoms with E-state index in [1.165, 1.54) is 22.9 Å². The van der Waals surface area contributed by atoms with Crippen LogP contribution in [-0.4, -0.2) is 26.8 Å². The molecule has 1 aliphatic carbocycles. The number of benzene rings is 2. The van der Waals surface area contributed by atoms with Gasteiger partial charge in [0.1, 0.15) is 0 Å². The number of carbonyl (C=O) groups is 1. The van der Waals surface area contributed by atoms with Crippen molar-refractivity contribution < 1.29 is 4.79 Å². The van der Waals surface area contributed by atoms with Crippen LogP contribution in [0.15, 0.2) is 59.8 Å². The summed E-state index contributed by atoms with van der Waals surface area (Å²) in [5.41, 5.74) is 3.58.